The molecule has 33 heavy (non-hydrogen) atoms. The SMILES string of the molecule is CC(=O)NC1C(Oc2ccc(N)cc2)OC(CO)C(O)C1OC1OC(CO)C(O)C(O)C1O. The molecular formula is C20H30N2O11. The zero-order valence-corrected chi connectivity index (χ0v) is 17.8. The second-order valence-electron chi connectivity index (χ2n) is 7.93. The van der Waals surface area contributed by atoms with Gasteiger partial charge in [0.1, 0.15) is 54.5 Å². The molecule has 9 N–H and O–H groups in total. The summed E-state index contributed by atoms with van der Waals surface area (Å²) in [6.45, 7) is -0.0990. The highest BCUT2D eigenvalue weighted by Gasteiger charge is 2.52. The van der Waals surface area contributed by atoms with Gasteiger partial charge in [0.25, 0.3) is 0 Å². The quantitative estimate of drug-likeness (QED) is 0.180. The van der Waals surface area contributed by atoms with E-state index in [0.29, 0.717) is 11.4 Å². The van der Waals surface area contributed by atoms with E-state index in [1.54, 1.807) is 24.3 Å². The van der Waals surface area contributed by atoms with E-state index in [1.165, 1.54) is 6.92 Å². The minimum atomic E-state index is -1.75. The lowest BCUT2D eigenvalue weighted by molar-refractivity contribution is -0.339. The van der Waals surface area contributed by atoms with Crippen molar-refractivity contribution in [3.05, 3.63) is 24.3 Å². The Balaban J connectivity index is 1.88. The highest BCUT2D eigenvalue weighted by molar-refractivity contribution is 5.73. The topological polar surface area (TPSA) is 213 Å². The summed E-state index contributed by atoms with van der Waals surface area (Å²) in [6.07, 6.45) is -13.3. The van der Waals surface area contributed by atoms with Crippen molar-refractivity contribution in [2.75, 3.05) is 18.9 Å². The van der Waals surface area contributed by atoms with Crippen molar-refractivity contribution in [2.24, 2.45) is 0 Å². The standard InChI is InChI=1S/C20H30N2O11/c1-8(25)22-13-18(33-20-17(29)16(28)14(26)11(6-23)32-20)15(27)12(7-24)31-19(13)30-10-4-2-9(21)3-5-10/h2-5,11-20,23-24,26-29H,6-7,21H2,1H3,(H,22,25). The smallest absolute Gasteiger partial charge is 0.223 e. The molecule has 2 aliphatic heterocycles. The molecule has 0 bridgehead atoms. The van der Waals surface area contributed by atoms with Gasteiger partial charge in [0, 0.05) is 12.6 Å². The first-order chi connectivity index (χ1) is 15.7. The lowest BCUT2D eigenvalue weighted by Crippen LogP contribution is -2.68. The van der Waals surface area contributed by atoms with E-state index in [9.17, 15) is 35.4 Å². The van der Waals surface area contributed by atoms with E-state index >= 15 is 0 Å². The minimum absolute atomic E-state index is 0.309. The van der Waals surface area contributed by atoms with Crippen molar-refractivity contribution < 1.29 is 54.4 Å². The molecule has 0 aromatic heterocycles. The van der Waals surface area contributed by atoms with Crippen molar-refractivity contribution in [2.45, 2.75) is 68.3 Å². The Morgan fingerprint density at radius 3 is 2.09 bits per heavy atom. The van der Waals surface area contributed by atoms with Gasteiger partial charge >= 0.3 is 0 Å². The summed E-state index contributed by atoms with van der Waals surface area (Å²) in [5.41, 5.74) is 6.16. The number of carbonyl (C=O) groups is 1. The minimum Gasteiger partial charge on any atom is -0.463 e. The molecule has 1 amide bonds. The van der Waals surface area contributed by atoms with Crippen LogP contribution in [0.5, 0.6) is 5.75 Å². The van der Waals surface area contributed by atoms with Crippen molar-refractivity contribution >= 4 is 11.6 Å². The van der Waals surface area contributed by atoms with Crippen LogP contribution in [0.2, 0.25) is 0 Å². The van der Waals surface area contributed by atoms with Gasteiger partial charge in [0.2, 0.25) is 12.2 Å². The van der Waals surface area contributed by atoms with Crippen LogP contribution in [0.3, 0.4) is 0 Å². The molecule has 3 rings (SSSR count). The van der Waals surface area contributed by atoms with Crippen molar-refractivity contribution in [3.8, 4) is 5.75 Å². The van der Waals surface area contributed by atoms with E-state index in [2.05, 4.69) is 5.32 Å². The summed E-state index contributed by atoms with van der Waals surface area (Å²) in [5, 5.41) is 62.7. The number of aliphatic hydroxyl groups excluding tert-OH is 6. The maximum absolute atomic E-state index is 11.9. The number of nitrogens with one attached hydrogen (secondary N) is 1. The van der Waals surface area contributed by atoms with Gasteiger partial charge in [0.15, 0.2) is 6.29 Å². The lowest BCUT2D eigenvalue weighted by atomic mass is 9.95. The molecule has 13 nitrogen and oxygen atoms in total. The average molecular weight is 474 g/mol. The summed E-state index contributed by atoms with van der Waals surface area (Å²) < 4.78 is 22.5. The third kappa shape index (κ3) is 5.71. The Morgan fingerprint density at radius 2 is 1.52 bits per heavy atom. The van der Waals surface area contributed by atoms with Gasteiger partial charge in [-0.15, -0.1) is 0 Å². The predicted octanol–water partition coefficient (Wildman–Crippen LogP) is -3.58. The van der Waals surface area contributed by atoms with Crippen LogP contribution < -0.4 is 15.8 Å². The van der Waals surface area contributed by atoms with Gasteiger partial charge in [-0.05, 0) is 24.3 Å². The lowest BCUT2D eigenvalue weighted by Gasteiger charge is -2.47. The van der Waals surface area contributed by atoms with Gasteiger partial charge in [-0.1, -0.05) is 0 Å². The maximum Gasteiger partial charge on any atom is 0.223 e. The first-order valence-corrected chi connectivity index (χ1v) is 10.4. The fourth-order valence-electron chi connectivity index (χ4n) is 3.73. The van der Waals surface area contributed by atoms with Crippen LogP contribution in [0.4, 0.5) is 5.69 Å². The molecule has 2 aliphatic rings. The summed E-state index contributed by atoms with van der Waals surface area (Å²) in [6, 6.07) is 5.09. The van der Waals surface area contributed by atoms with Gasteiger partial charge < -0.3 is 60.6 Å². The number of carbonyl (C=O) groups excluding carboxylic acids is 1. The van der Waals surface area contributed by atoms with Crippen LogP contribution in [0.25, 0.3) is 0 Å². The molecule has 1 aromatic rings. The van der Waals surface area contributed by atoms with Crippen molar-refractivity contribution in [3.63, 3.8) is 0 Å². The van der Waals surface area contributed by atoms with Crippen LogP contribution >= 0.6 is 0 Å². The van der Waals surface area contributed by atoms with E-state index in [-0.39, 0.29) is 0 Å². The molecule has 13 heteroatoms. The number of hydrogen-bond donors (Lipinski definition) is 8. The number of amides is 1. The Morgan fingerprint density at radius 1 is 0.939 bits per heavy atom. The Bertz CT molecular complexity index is 780. The third-order valence-electron chi connectivity index (χ3n) is 5.50. The summed E-state index contributed by atoms with van der Waals surface area (Å²) >= 11 is 0. The van der Waals surface area contributed by atoms with Crippen LogP contribution in [0, 0.1) is 0 Å². The van der Waals surface area contributed by atoms with Crippen molar-refractivity contribution in [1.29, 1.82) is 0 Å². The number of hydrogen-bond acceptors (Lipinski definition) is 12. The van der Waals surface area contributed by atoms with Crippen LogP contribution in [0.15, 0.2) is 24.3 Å². The summed E-state index contributed by atoms with van der Waals surface area (Å²) in [5.74, 6) is -0.212. The highest BCUT2D eigenvalue weighted by atomic mass is 16.7. The Labute approximate surface area is 189 Å². The number of aliphatic hydroxyl groups is 6. The largest absolute Gasteiger partial charge is 0.463 e. The predicted molar refractivity (Wildman–Crippen MR) is 109 cm³/mol. The normalized spacial score (nSPS) is 39.1. The van der Waals surface area contributed by atoms with Crippen molar-refractivity contribution in [1.82, 2.24) is 5.32 Å². The molecular weight excluding hydrogens is 444 g/mol. The molecule has 1 aromatic carbocycles. The van der Waals surface area contributed by atoms with Gasteiger partial charge in [-0.25, -0.2) is 0 Å². The van der Waals surface area contributed by atoms with Gasteiger partial charge in [-0.3, -0.25) is 4.79 Å². The number of benzene rings is 1. The first-order valence-electron chi connectivity index (χ1n) is 10.4. The first kappa shape index (κ1) is 25.6. The average Bonchev–Trinajstić information content (AvgIpc) is 2.79. The highest BCUT2D eigenvalue weighted by Crippen LogP contribution is 2.30. The number of ether oxygens (including phenoxy) is 4. The van der Waals surface area contributed by atoms with E-state index < -0.39 is 80.5 Å². The maximum atomic E-state index is 11.9. The zero-order chi connectivity index (χ0) is 24.3. The molecule has 0 aliphatic carbocycles. The van der Waals surface area contributed by atoms with Crippen LogP contribution in [-0.4, -0.2) is 111 Å². The molecule has 2 saturated heterocycles. The van der Waals surface area contributed by atoms with Gasteiger partial charge in [0.05, 0.1) is 13.2 Å². The van der Waals surface area contributed by atoms with E-state index in [4.69, 9.17) is 24.7 Å². The molecule has 10 atom stereocenters. The monoisotopic (exact) mass is 474 g/mol. The van der Waals surface area contributed by atoms with Gasteiger partial charge in [-0.2, -0.15) is 0 Å². The molecule has 2 fully saturated rings. The second-order valence-corrected chi connectivity index (χ2v) is 7.93. The van der Waals surface area contributed by atoms with Crippen LogP contribution in [0.1, 0.15) is 6.92 Å². The number of nitrogens with two attached hydrogens (primary N) is 1. The van der Waals surface area contributed by atoms with E-state index in [0.717, 1.165) is 0 Å². The second kappa shape index (κ2) is 10.9. The Hall–Kier alpha value is -2.07. The molecule has 186 valence electrons. The summed E-state index contributed by atoms with van der Waals surface area (Å²) in [7, 11) is 0. The molecule has 2 heterocycles. The zero-order valence-electron chi connectivity index (χ0n) is 17.8. The molecule has 0 spiro atoms. The molecule has 0 radical (unpaired) electrons. The number of anilines is 1. The Kier molecular flexibility index (Phi) is 8.44. The third-order valence-corrected chi connectivity index (χ3v) is 5.50. The summed E-state index contributed by atoms with van der Waals surface area (Å²) in [4.78, 5) is 11.9. The van der Waals surface area contributed by atoms with E-state index in [1.807, 2.05) is 0 Å². The fraction of sp³-hybridized carbons (Fsp3) is 0.650. The van der Waals surface area contributed by atoms with Crippen LogP contribution in [-0.2, 0) is 19.0 Å². The number of nitrogen functional groups attached to an aromatic ring is 1. The fourth-order valence-corrected chi connectivity index (χ4v) is 3.73. The molecule has 10 unspecified atom stereocenters. The molecule has 0 saturated carbocycles. The number of rotatable bonds is 7.